The molecule has 23 heavy (non-hydrogen) atoms. The molecule has 1 aliphatic rings. The van der Waals surface area contributed by atoms with E-state index in [4.69, 9.17) is 9.72 Å². The fourth-order valence-electron chi connectivity index (χ4n) is 3.62. The summed E-state index contributed by atoms with van der Waals surface area (Å²) in [5.74, 6) is 0.850. The molecule has 4 rings (SSSR count). The third-order valence-electron chi connectivity index (χ3n) is 4.66. The standard InChI is InChI=1S/C19H21N3O/c1-4-23-17-11-16-18(12(2)21-22(16)3)20-19(17)15-10-6-8-13-7-5-9-14(13)15/h6,8,10-11H,4-5,7,9H2,1-3H3. The molecule has 0 saturated carbocycles. The van der Waals surface area contributed by atoms with Gasteiger partial charge in [-0.25, -0.2) is 4.98 Å². The lowest BCUT2D eigenvalue weighted by molar-refractivity contribution is 0.341. The number of pyridine rings is 1. The van der Waals surface area contributed by atoms with Gasteiger partial charge in [0.2, 0.25) is 0 Å². The topological polar surface area (TPSA) is 39.9 Å². The van der Waals surface area contributed by atoms with Crippen LogP contribution in [0.1, 0.15) is 30.2 Å². The molecule has 2 heterocycles. The summed E-state index contributed by atoms with van der Waals surface area (Å²) in [5.41, 5.74) is 7.99. The molecule has 0 unspecified atom stereocenters. The number of rotatable bonds is 3. The van der Waals surface area contributed by atoms with Crippen molar-refractivity contribution in [2.75, 3.05) is 6.61 Å². The number of aryl methyl sites for hydroxylation is 3. The number of ether oxygens (including phenoxy) is 1. The zero-order chi connectivity index (χ0) is 16.0. The van der Waals surface area contributed by atoms with E-state index in [9.17, 15) is 0 Å². The molecule has 1 aliphatic carbocycles. The zero-order valence-corrected chi connectivity index (χ0v) is 13.9. The lowest BCUT2D eigenvalue weighted by Gasteiger charge is -2.13. The van der Waals surface area contributed by atoms with Crippen molar-refractivity contribution in [3.05, 3.63) is 41.1 Å². The van der Waals surface area contributed by atoms with Crippen molar-refractivity contribution in [2.45, 2.75) is 33.1 Å². The highest BCUT2D eigenvalue weighted by atomic mass is 16.5. The Balaban J connectivity index is 2.00. The molecule has 0 fully saturated rings. The van der Waals surface area contributed by atoms with Gasteiger partial charge in [-0.1, -0.05) is 18.2 Å². The van der Waals surface area contributed by atoms with Crippen LogP contribution in [0.2, 0.25) is 0 Å². The molecular weight excluding hydrogens is 286 g/mol. The highest BCUT2D eigenvalue weighted by Gasteiger charge is 2.21. The SMILES string of the molecule is CCOc1cc2c(nc1-c1cccc3c1CCC3)c(C)nn2C. The van der Waals surface area contributed by atoms with Crippen LogP contribution in [-0.4, -0.2) is 21.4 Å². The van der Waals surface area contributed by atoms with Crippen molar-refractivity contribution in [1.82, 2.24) is 14.8 Å². The van der Waals surface area contributed by atoms with Crippen LogP contribution in [0, 0.1) is 6.92 Å². The molecule has 0 bridgehead atoms. The molecule has 0 atom stereocenters. The molecule has 0 saturated heterocycles. The molecule has 0 aliphatic heterocycles. The van der Waals surface area contributed by atoms with Crippen LogP contribution in [0.5, 0.6) is 5.75 Å². The molecular formula is C19H21N3O. The van der Waals surface area contributed by atoms with Gasteiger partial charge in [0, 0.05) is 18.7 Å². The summed E-state index contributed by atoms with van der Waals surface area (Å²) in [7, 11) is 1.95. The Bertz CT molecular complexity index is 895. The van der Waals surface area contributed by atoms with E-state index < -0.39 is 0 Å². The van der Waals surface area contributed by atoms with Gasteiger partial charge in [-0.2, -0.15) is 5.10 Å². The van der Waals surface area contributed by atoms with E-state index in [2.05, 4.69) is 29.4 Å². The predicted octanol–water partition coefficient (Wildman–Crippen LogP) is 3.83. The maximum atomic E-state index is 5.92. The predicted molar refractivity (Wildman–Crippen MR) is 91.9 cm³/mol. The van der Waals surface area contributed by atoms with Crippen molar-refractivity contribution in [3.8, 4) is 17.0 Å². The lowest BCUT2D eigenvalue weighted by Crippen LogP contribution is -2.00. The molecule has 4 nitrogen and oxygen atoms in total. The largest absolute Gasteiger partial charge is 0.492 e. The molecule has 118 valence electrons. The first kappa shape index (κ1) is 14.2. The van der Waals surface area contributed by atoms with Gasteiger partial charge in [0.15, 0.2) is 0 Å². The van der Waals surface area contributed by atoms with E-state index in [-0.39, 0.29) is 0 Å². The first-order chi connectivity index (χ1) is 11.2. The number of fused-ring (bicyclic) bond motifs is 2. The monoisotopic (exact) mass is 307 g/mol. The third-order valence-corrected chi connectivity index (χ3v) is 4.66. The summed E-state index contributed by atoms with van der Waals surface area (Å²) in [6, 6.07) is 8.62. The highest BCUT2D eigenvalue weighted by molar-refractivity contribution is 5.85. The van der Waals surface area contributed by atoms with Gasteiger partial charge in [-0.15, -0.1) is 0 Å². The fourth-order valence-corrected chi connectivity index (χ4v) is 3.62. The van der Waals surface area contributed by atoms with Crippen molar-refractivity contribution >= 4 is 11.0 Å². The van der Waals surface area contributed by atoms with Crippen LogP contribution in [0.4, 0.5) is 0 Å². The quantitative estimate of drug-likeness (QED) is 0.738. The number of nitrogens with zero attached hydrogens (tertiary/aromatic N) is 3. The summed E-state index contributed by atoms with van der Waals surface area (Å²) in [6.45, 7) is 4.65. The second-order valence-electron chi connectivity index (χ2n) is 6.14. The smallest absolute Gasteiger partial charge is 0.147 e. The Labute approximate surface area is 136 Å². The first-order valence-electron chi connectivity index (χ1n) is 8.27. The normalized spacial score (nSPS) is 13.5. The highest BCUT2D eigenvalue weighted by Crippen LogP contribution is 2.37. The minimum Gasteiger partial charge on any atom is -0.492 e. The molecule has 1 aromatic carbocycles. The molecule has 3 aromatic rings. The van der Waals surface area contributed by atoms with Gasteiger partial charge in [-0.3, -0.25) is 4.68 Å². The lowest BCUT2D eigenvalue weighted by atomic mass is 9.99. The summed E-state index contributed by atoms with van der Waals surface area (Å²) in [4.78, 5) is 4.95. The third kappa shape index (κ3) is 2.21. The number of benzene rings is 1. The maximum absolute atomic E-state index is 5.92. The van der Waals surface area contributed by atoms with Crippen LogP contribution in [0.15, 0.2) is 24.3 Å². The second kappa shape index (κ2) is 5.37. The Morgan fingerprint density at radius 3 is 2.96 bits per heavy atom. The van der Waals surface area contributed by atoms with E-state index in [1.54, 1.807) is 0 Å². The van der Waals surface area contributed by atoms with Gasteiger partial charge in [0.1, 0.15) is 17.0 Å². The van der Waals surface area contributed by atoms with Crippen LogP contribution >= 0.6 is 0 Å². The summed E-state index contributed by atoms with van der Waals surface area (Å²) < 4.78 is 7.79. The van der Waals surface area contributed by atoms with Crippen LogP contribution < -0.4 is 4.74 Å². The number of aromatic nitrogens is 3. The van der Waals surface area contributed by atoms with Crippen molar-refractivity contribution in [2.24, 2.45) is 7.05 Å². The van der Waals surface area contributed by atoms with Crippen molar-refractivity contribution in [1.29, 1.82) is 0 Å². The first-order valence-corrected chi connectivity index (χ1v) is 8.27. The molecule has 0 N–H and O–H groups in total. The average Bonchev–Trinajstić information content (AvgIpc) is 3.12. The Morgan fingerprint density at radius 1 is 1.26 bits per heavy atom. The van der Waals surface area contributed by atoms with Crippen molar-refractivity contribution in [3.63, 3.8) is 0 Å². The second-order valence-corrected chi connectivity index (χ2v) is 6.14. The minimum absolute atomic E-state index is 0.631. The zero-order valence-electron chi connectivity index (χ0n) is 13.9. The summed E-state index contributed by atoms with van der Waals surface area (Å²) in [5, 5.41) is 4.50. The average molecular weight is 307 g/mol. The fraction of sp³-hybridized carbons (Fsp3) is 0.368. The minimum atomic E-state index is 0.631. The Morgan fingerprint density at radius 2 is 2.13 bits per heavy atom. The van der Waals surface area contributed by atoms with Gasteiger partial charge in [0.05, 0.1) is 17.8 Å². The van der Waals surface area contributed by atoms with Crippen LogP contribution in [-0.2, 0) is 19.9 Å². The van der Waals surface area contributed by atoms with Crippen LogP contribution in [0.25, 0.3) is 22.3 Å². The molecule has 0 spiro atoms. The maximum Gasteiger partial charge on any atom is 0.147 e. The molecule has 0 amide bonds. The van der Waals surface area contributed by atoms with E-state index >= 15 is 0 Å². The Hall–Kier alpha value is -2.36. The van der Waals surface area contributed by atoms with E-state index in [0.717, 1.165) is 34.6 Å². The molecule has 2 aromatic heterocycles. The molecule has 0 radical (unpaired) electrons. The van der Waals surface area contributed by atoms with E-state index in [1.165, 1.54) is 29.5 Å². The Kier molecular flexibility index (Phi) is 3.33. The summed E-state index contributed by atoms with van der Waals surface area (Å²) >= 11 is 0. The van der Waals surface area contributed by atoms with Gasteiger partial charge in [-0.05, 0) is 44.2 Å². The summed E-state index contributed by atoms with van der Waals surface area (Å²) in [6.07, 6.45) is 3.52. The van der Waals surface area contributed by atoms with Gasteiger partial charge < -0.3 is 4.74 Å². The molecule has 4 heteroatoms. The van der Waals surface area contributed by atoms with Gasteiger partial charge >= 0.3 is 0 Å². The van der Waals surface area contributed by atoms with Gasteiger partial charge in [0.25, 0.3) is 0 Å². The van der Waals surface area contributed by atoms with E-state index in [1.807, 2.05) is 25.6 Å². The van der Waals surface area contributed by atoms with Crippen molar-refractivity contribution < 1.29 is 4.74 Å². The number of hydrogen-bond donors (Lipinski definition) is 0. The number of hydrogen-bond acceptors (Lipinski definition) is 3. The van der Waals surface area contributed by atoms with Crippen LogP contribution in [0.3, 0.4) is 0 Å². The van der Waals surface area contributed by atoms with E-state index in [0.29, 0.717) is 6.61 Å².